The monoisotopic (exact) mass is 267 g/mol. The first kappa shape index (κ1) is 12.6. The number of rotatable bonds is 3. The second kappa shape index (κ2) is 4.14. The first-order valence-corrected chi connectivity index (χ1v) is 5.48. The highest BCUT2D eigenvalue weighted by molar-refractivity contribution is 6.31. The summed E-state index contributed by atoms with van der Waals surface area (Å²) in [6, 6.07) is 3.64. The van der Waals surface area contributed by atoms with Crippen LogP contribution in [0, 0.1) is 5.82 Å². The van der Waals surface area contributed by atoms with Crippen molar-refractivity contribution in [1.82, 2.24) is 5.32 Å². The fraction of sp³-hybridized carbons (Fsp3) is 0.455. The summed E-state index contributed by atoms with van der Waals surface area (Å²) in [5.74, 6) is -0.511. The van der Waals surface area contributed by atoms with Gasteiger partial charge in [0.15, 0.2) is 0 Å². The van der Waals surface area contributed by atoms with Crippen molar-refractivity contribution in [1.29, 1.82) is 0 Å². The molecule has 94 valence electrons. The van der Waals surface area contributed by atoms with Gasteiger partial charge in [0.2, 0.25) is 0 Å². The molecule has 0 atom stereocenters. The van der Waals surface area contributed by atoms with Gasteiger partial charge in [-0.3, -0.25) is 5.32 Å². The molecule has 0 amide bonds. The molecule has 1 saturated carbocycles. The van der Waals surface area contributed by atoms with E-state index in [9.17, 15) is 17.6 Å². The van der Waals surface area contributed by atoms with E-state index in [0.717, 1.165) is 6.07 Å². The number of halogens is 5. The van der Waals surface area contributed by atoms with Crippen LogP contribution in [-0.2, 0) is 6.54 Å². The summed E-state index contributed by atoms with van der Waals surface area (Å²) >= 11 is 5.77. The Hall–Kier alpha value is -0.810. The molecule has 0 bridgehead atoms. The third-order valence-corrected chi connectivity index (χ3v) is 3.29. The van der Waals surface area contributed by atoms with Crippen molar-refractivity contribution in [2.45, 2.75) is 31.1 Å². The van der Waals surface area contributed by atoms with Crippen molar-refractivity contribution < 1.29 is 17.6 Å². The Bertz CT molecular complexity index is 426. The lowest BCUT2D eigenvalue weighted by Gasteiger charge is -2.21. The number of alkyl halides is 3. The number of hydrogen-bond acceptors (Lipinski definition) is 1. The molecule has 1 aliphatic carbocycles. The second-order valence-electron chi connectivity index (χ2n) is 4.17. The largest absolute Gasteiger partial charge is 0.406 e. The summed E-state index contributed by atoms with van der Waals surface area (Å²) in [5.41, 5.74) is -1.47. The molecule has 2 rings (SSSR count). The Morgan fingerprint density at radius 3 is 2.47 bits per heavy atom. The average Bonchev–Trinajstić information content (AvgIpc) is 2.99. The number of nitrogens with one attached hydrogen (secondary N) is 1. The van der Waals surface area contributed by atoms with Crippen molar-refractivity contribution >= 4 is 11.6 Å². The molecule has 1 N–H and O–H groups in total. The van der Waals surface area contributed by atoms with Gasteiger partial charge in [-0.15, -0.1) is 0 Å². The highest BCUT2D eigenvalue weighted by Crippen LogP contribution is 2.49. The zero-order chi connectivity index (χ0) is 12.7. The van der Waals surface area contributed by atoms with Crippen LogP contribution in [0.1, 0.15) is 18.4 Å². The predicted octanol–water partition coefficient (Wildman–Crippen LogP) is 3.66. The van der Waals surface area contributed by atoms with Crippen LogP contribution in [-0.4, -0.2) is 11.7 Å². The van der Waals surface area contributed by atoms with E-state index in [0.29, 0.717) is 5.56 Å². The molecule has 0 spiro atoms. The van der Waals surface area contributed by atoms with Crippen LogP contribution in [0.2, 0.25) is 5.02 Å². The quantitative estimate of drug-likeness (QED) is 0.824. The van der Waals surface area contributed by atoms with Gasteiger partial charge in [0.1, 0.15) is 11.4 Å². The maximum Gasteiger partial charge on any atom is 0.406 e. The zero-order valence-corrected chi connectivity index (χ0v) is 9.50. The molecule has 17 heavy (non-hydrogen) atoms. The highest BCUT2D eigenvalue weighted by Gasteiger charge is 2.62. The minimum Gasteiger partial charge on any atom is -0.299 e. The average molecular weight is 268 g/mol. The van der Waals surface area contributed by atoms with Crippen LogP contribution in [0.4, 0.5) is 17.6 Å². The van der Waals surface area contributed by atoms with Gasteiger partial charge in [-0.2, -0.15) is 13.2 Å². The van der Waals surface area contributed by atoms with E-state index < -0.39 is 17.5 Å². The van der Waals surface area contributed by atoms with E-state index in [-0.39, 0.29) is 24.4 Å². The van der Waals surface area contributed by atoms with Gasteiger partial charge in [-0.25, -0.2) is 4.39 Å². The van der Waals surface area contributed by atoms with Crippen LogP contribution in [0.5, 0.6) is 0 Å². The SMILES string of the molecule is Fc1ccc(Cl)c(CNC2(C(F)(F)F)CC2)c1. The fourth-order valence-electron chi connectivity index (χ4n) is 1.63. The van der Waals surface area contributed by atoms with Crippen LogP contribution in [0.3, 0.4) is 0 Å². The molecule has 0 heterocycles. The lowest BCUT2D eigenvalue weighted by atomic mass is 10.2. The Labute approximate surface area is 101 Å². The molecule has 1 aliphatic rings. The smallest absolute Gasteiger partial charge is 0.299 e. The molecular formula is C11H10ClF4N. The molecule has 0 radical (unpaired) electrons. The van der Waals surface area contributed by atoms with Crippen LogP contribution >= 0.6 is 11.6 Å². The first-order valence-electron chi connectivity index (χ1n) is 5.10. The lowest BCUT2D eigenvalue weighted by molar-refractivity contribution is -0.166. The predicted molar refractivity (Wildman–Crippen MR) is 56.3 cm³/mol. The Balaban J connectivity index is 2.06. The van der Waals surface area contributed by atoms with Gasteiger partial charge >= 0.3 is 6.18 Å². The molecular weight excluding hydrogens is 258 g/mol. The summed E-state index contributed by atoms with van der Waals surface area (Å²) in [7, 11) is 0. The Morgan fingerprint density at radius 2 is 1.94 bits per heavy atom. The molecule has 0 saturated heterocycles. The van der Waals surface area contributed by atoms with Crippen molar-refractivity contribution in [2.75, 3.05) is 0 Å². The molecule has 1 aromatic rings. The minimum absolute atomic E-state index is 0.0590. The molecule has 1 fully saturated rings. The molecule has 0 unspecified atom stereocenters. The van der Waals surface area contributed by atoms with Crippen molar-refractivity contribution in [3.05, 3.63) is 34.6 Å². The summed E-state index contributed by atoms with van der Waals surface area (Å²) in [4.78, 5) is 0. The van der Waals surface area contributed by atoms with Gasteiger partial charge in [0.25, 0.3) is 0 Å². The van der Waals surface area contributed by atoms with Crippen molar-refractivity contribution in [2.24, 2.45) is 0 Å². The van der Waals surface area contributed by atoms with Crippen LogP contribution in [0.15, 0.2) is 18.2 Å². The van der Waals surface area contributed by atoms with E-state index >= 15 is 0 Å². The van der Waals surface area contributed by atoms with Crippen LogP contribution < -0.4 is 5.32 Å². The van der Waals surface area contributed by atoms with Crippen LogP contribution in [0.25, 0.3) is 0 Å². The molecule has 0 aliphatic heterocycles. The summed E-state index contributed by atoms with van der Waals surface area (Å²) in [6.07, 6.45) is -4.15. The Kier molecular flexibility index (Phi) is 3.08. The van der Waals surface area contributed by atoms with Gasteiger partial charge in [-0.1, -0.05) is 11.6 Å². The number of benzene rings is 1. The zero-order valence-electron chi connectivity index (χ0n) is 8.74. The highest BCUT2D eigenvalue weighted by atomic mass is 35.5. The van der Waals surface area contributed by atoms with Gasteiger partial charge in [-0.05, 0) is 36.6 Å². The molecule has 6 heteroatoms. The fourth-order valence-corrected chi connectivity index (χ4v) is 1.81. The molecule has 1 nitrogen and oxygen atoms in total. The van der Waals surface area contributed by atoms with E-state index in [4.69, 9.17) is 11.6 Å². The summed E-state index contributed by atoms with van der Waals surface area (Å²) < 4.78 is 50.7. The molecule has 1 aromatic carbocycles. The number of hydrogen-bond donors (Lipinski definition) is 1. The maximum absolute atomic E-state index is 12.9. The Morgan fingerprint density at radius 1 is 1.29 bits per heavy atom. The normalized spacial score (nSPS) is 18.2. The minimum atomic E-state index is -4.27. The molecule has 0 aromatic heterocycles. The van der Waals surface area contributed by atoms with E-state index in [1.807, 2.05) is 0 Å². The van der Waals surface area contributed by atoms with Crippen molar-refractivity contribution in [3.8, 4) is 0 Å². The van der Waals surface area contributed by atoms with Crippen molar-refractivity contribution in [3.63, 3.8) is 0 Å². The van der Waals surface area contributed by atoms with Gasteiger partial charge < -0.3 is 0 Å². The summed E-state index contributed by atoms with van der Waals surface area (Å²) in [5, 5.41) is 2.68. The third kappa shape index (κ3) is 2.55. The van der Waals surface area contributed by atoms with Gasteiger partial charge in [0.05, 0.1) is 0 Å². The third-order valence-electron chi connectivity index (χ3n) is 2.92. The topological polar surface area (TPSA) is 12.0 Å². The maximum atomic E-state index is 12.9. The lowest BCUT2D eigenvalue weighted by Crippen LogP contribution is -2.44. The standard InChI is InChI=1S/C11H10ClF4N/c12-9-2-1-8(13)5-7(9)6-17-10(3-4-10)11(14,15)16/h1-2,5,17H,3-4,6H2. The second-order valence-corrected chi connectivity index (χ2v) is 4.58. The van der Waals surface area contributed by atoms with Gasteiger partial charge in [0, 0.05) is 11.6 Å². The first-order chi connectivity index (χ1) is 7.84. The van der Waals surface area contributed by atoms with E-state index in [1.54, 1.807) is 0 Å². The van der Waals surface area contributed by atoms with E-state index in [2.05, 4.69) is 5.32 Å². The summed E-state index contributed by atoms with van der Waals surface area (Å²) in [6.45, 7) is -0.0872. The van der Waals surface area contributed by atoms with E-state index in [1.165, 1.54) is 12.1 Å².